The van der Waals surface area contributed by atoms with Crippen molar-refractivity contribution in [2.24, 2.45) is 0 Å². The number of nitrogens with zero attached hydrogens (tertiary/aromatic N) is 1. The smallest absolute Gasteiger partial charge is 0.325 e. The summed E-state index contributed by atoms with van der Waals surface area (Å²) in [6.45, 7) is 6.07. The second-order valence-electron chi connectivity index (χ2n) is 5.18. The molecule has 0 aliphatic heterocycles. The molecule has 0 unspecified atom stereocenters. The largest absolute Gasteiger partial charge is 0.459 e. The van der Waals surface area contributed by atoms with Crippen LogP contribution in [0.2, 0.25) is 0 Å². The summed E-state index contributed by atoms with van der Waals surface area (Å²) in [4.78, 5) is 25.4. The predicted octanol–water partition coefficient (Wildman–Crippen LogP) is 3.84. The number of esters is 1. The van der Waals surface area contributed by atoms with Crippen LogP contribution in [0.15, 0.2) is 54.6 Å². The average molecular weight is 327 g/mol. The lowest BCUT2D eigenvalue weighted by atomic mass is 10.1. The highest BCUT2D eigenvalue weighted by Gasteiger charge is 2.15. The number of hydrogen-bond donors (Lipinski definition) is 0. The van der Waals surface area contributed by atoms with E-state index < -0.39 is 5.97 Å². The lowest BCUT2D eigenvalue weighted by molar-refractivity contribution is -0.145. The fourth-order valence-electron chi connectivity index (χ4n) is 2.05. The summed E-state index contributed by atoms with van der Waals surface area (Å²) in [5, 5.41) is 0. The monoisotopic (exact) mass is 327 g/mol. The molecule has 2 aromatic rings. The van der Waals surface area contributed by atoms with Gasteiger partial charge in [-0.25, -0.2) is 0 Å². The van der Waals surface area contributed by atoms with E-state index in [1.165, 1.54) is 4.90 Å². The summed E-state index contributed by atoms with van der Waals surface area (Å²) in [5.41, 5.74) is 2.49. The van der Waals surface area contributed by atoms with E-state index in [1.54, 1.807) is 19.2 Å². The number of hydrogen-bond acceptors (Lipinski definition) is 3. The number of likely N-dealkylation sites (N-methyl/N-ethyl adjacent to an activating group) is 1. The SMILES string of the molecule is CC.Cc1cccc(C(=O)N(C)CC(=O)OCc2ccccc2)c1. The van der Waals surface area contributed by atoms with Crippen molar-refractivity contribution in [2.75, 3.05) is 13.6 Å². The fraction of sp³-hybridized carbons (Fsp3) is 0.300. The molecule has 0 aliphatic rings. The number of aryl methyl sites for hydroxylation is 1. The highest BCUT2D eigenvalue weighted by Crippen LogP contribution is 2.07. The van der Waals surface area contributed by atoms with E-state index in [9.17, 15) is 9.59 Å². The molecule has 0 heterocycles. The van der Waals surface area contributed by atoms with Gasteiger partial charge in [-0.1, -0.05) is 61.9 Å². The molecular formula is C20H25NO3. The summed E-state index contributed by atoms with van der Waals surface area (Å²) < 4.78 is 5.18. The van der Waals surface area contributed by atoms with Crippen molar-refractivity contribution in [1.29, 1.82) is 0 Å². The second kappa shape index (κ2) is 10.2. The first kappa shape index (κ1) is 19.4. The first-order chi connectivity index (χ1) is 11.6. The van der Waals surface area contributed by atoms with Gasteiger partial charge in [0.05, 0.1) is 0 Å². The quantitative estimate of drug-likeness (QED) is 0.784. The zero-order valence-corrected chi connectivity index (χ0v) is 14.8. The zero-order valence-electron chi connectivity index (χ0n) is 14.8. The molecule has 4 heteroatoms. The number of ether oxygens (including phenoxy) is 1. The standard InChI is InChI=1S/C18H19NO3.C2H6/c1-14-7-6-10-16(11-14)18(21)19(2)12-17(20)22-13-15-8-4-3-5-9-15;1-2/h3-11H,12-13H2,1-2H3;1-2H3. The van der Waals surface area contributed by atoms with Crippen LogP contribution in [-0.4, -0.2) is 30.4 Å². The minimum Gasteiger partial charge on any atom is -0.459 e. The Hall–Kier alpha value is -2.62. The van der Waals surface area contributed by atoms with E-state index >= 15 is 0 Å². The van der Waals surface area contributed by atoms with Gasteiger partial charge < -0.3 is 9.64 Å². The molecule has 1 amide bonds. The van der Waals surface area contributed by atoms with Crippen LogP contribution in [0.1, 0.15) is 35.3 Å². The molecule has 24 heavy (non-hydrogen) atoms. The lowest BCUT2D eigenvalue weighted by Crippen LogP contribution is -2.33. The first-order valence-corrected chi connectivity index (χ1v) is 8.08. The van der Waals surface area contributed by atoms with Crippen molar-refractivity contribution in [3.05, 3.63) is 71.3 Å². The van der Waals surface area contributed by atoms with E-state index in [-0.39, 0.29) is 19.1 Å². The van der Waals surface area contributed by atoms with Gasteiger partial charge in [0.2, 0.25) is 0 Å². The molecule has 0 spiro atoms. The van der Waals surface area contributed by atoms with Crippen LogP contribution in [0, 0.1) is 6.92 Å². The van der Waals surface area contributed by atoms with Crippen LogP contribution >= 0.6 is 0 Å². The van der Waals surface area contributed by atoms with Gasteiger partial charge in [-0.2, -0.15) is 0 Å². The molecule has 2 aromatic carbocycles. The molecule has 4 nitrogen and oxygen atoms in total. The maximum atomic E-state index is 12.2. The molecule has 0 radical (unpaired) electrons. The van der Waals surface area contributed by atoms with Gasteiger partial charge in [0, 0.05) is 12.6 Å². The Morgan fingerprint density at radius 2 is 1.67 bits per heavy atom. The number of benzene rings is 2. The van der Waals surface area contributed by atoms with Crippen molar-refractivity contribution in [1.82, 2.24) is 4.90 Å². The van der Waals surface area contributed by atoms with E-state index in [2.05, 4.69) is 0 Å². The topological polar surface area (TPSA) is 46.6 Å². The molecule has 128 valence electrons. The number of carbonyl (C=O) groups excluding carboxylic acids is 2. The Balaban J connectivity index is 0.00000139. The molecular weight excluding hydrogens is 302 g/mol. The van der Waals surface area contributed by atoms with Gasteiger partial charge in [0.25, 0.3) is 5.91 Å². The van der Waals surface area contributed by atoms with E-state index in [4.69, 9.17) is 4.74 Å². The van der Waals surface area contributed by atoms with Crippen molar-refractivity contribution >= 4 is 11.9 Å². The Kier molecular flexibility index (Phi) is 8.26. The van der Waals surface area contributed by atoms with E-state index in [0.717, 1.165) is 11.1 Å². The predicted molar refractivity (Wildman–Crippen MR) is 95.7 cm³/mol. The molecule has 0 saturated carbocycles. The van der Waals surface area contributed by atoms with Gasteiger partial charge in [-0.15, -0.1) is 0 Å². The molecule has 0 fully saturated rings. The minimum atomic E-state index is -0.424. The Morgan fingerprint density at radius 3 is 2.29 bits per heavy atom. The molecule has 0 N–H and O–H groups in total. The van der Waals surface area contributed by atoms with Gasteiger partial charge in [0.1, 0.15) is 13.2 Å². The minimum absolute atomic E-state index is 0.0698. The van der Waals surface area contributed by atoms with E-state index in [1.807, 2.05) is 63.2 Å². The summed E-state index contributed by atoms with van der Waals surface area (Å²) >= 11 is 0. The zero-order chi connectivity index (χ0) is 17.9. The fourth-order valence-corrected chi connectivity index (χ4v) is 2.05. The summed E-state index contributed by atoms with van der Waals surface area (Å²) in [7, 11) is 1.59. The first-order valence-electron chi connectivity index (χ1n) is 8.08. The Labute approximate surface area is 144 Å². The van der Waals surface area contributed by atoms with Crippen LogP contribution in [0.5, 0.6) is 0 Å². The van der Waals surface area contributed by atoms with Crippen molar-refractivity contribution in [3.63, 3.8) is 0 Å². The van der Waals surface area contributed by atoms with Gasteiger partial charge in [0.15, 0.2) is 0 Å². The summed E-state index contributed by atoms with van der Waals surface area (Å²) in [6.07, 6.45) is 0. The summed E-state index contributed by atoms with van der Waals surface area (Å²) in [6, 6.07) is 16.7. The maximum Gasteiger partial charge on any atom is 0.325 e. The van der Waals surface area contributed by atoms with E-state index in [0.29, 0.717) is 5.56 Å². The Bertz CT molecular complexity index is 653. The summed E-state index contributed by atoms with van der Waals surface area (Å²) in [5.74, 6) is -0.618. The molecule has 0 aromatic heterocycles. The highest BCUT2D eigenvalue weighted by molar-refractivity contribution is 5.95. The van der Waals surface area contributed by atoms with Gasteiger partial charge >= 0.3 is 5.97 Å². The molecule has 2 rings (SSSR count). The van der Waals surface area contributed by atoms with Crippen LogP contribution < -0.4 is 0 Å². The number of amides is 1. The van der Waals surface area contributed by atoms with Crippen LogP contribution in [-0.2, 0) is 16.1 Å². The second-order valence-corrected chi connectivity index (χ2v) is 5.18. The number of carbonyl (C=O) groups is 2. The Morgan fingerprint density at radius 1 is 1.00 bits per heavy atom. The van der Waals surface area contributed by atoms with Crippen LogP contribution in [0.3, 0.4) is 0 Å². The third kappa shape index (κ3) is 6.24. The average Bonchev–Trinajstić information content (AvgIpc) is 2.62. The van der Waals surface area contributed by atoms with Crippen molar-refractivity contribution in [3.8, 4) is 0 Å². The molecule has 0 aliphatic carbocycles. The molecule has 0 saturated heterocycles. The van der Waals surface area contributed by atoms with Crippen molar-refractivity contribution in [2.45, 2.75) is 27.4 Å². The molecule has 0 bridgehead atoms. The maximum absolute atomic E-state index is 12.2. The lowest BCUT2D eigenvalue weighted by Gasteiger charge is -2.16. The van der Waals surface area contributed by atoms with Crippen molar-refractivity contribution < 1.29 is 14.3 Å². The highest BCUT2D eigenvalue weighted by atomic mass is 16.5. The normalized spacial score (nSPS) is 9.50. The van der Waals surface area contributed by atoms with Crippen LogP contribution in [0.4, 0.5) is 0 Å². The van der Waals surface area contributed by atoms with Crippen LogP contribution in [0.25, 0.3) is 0 Å². The van der Waals surface area contributed by atoms with Gasteiger partial charge in [-0.05, 0) is 24.6 Å². The number of rotatable bonds is 5. The third-order valence-corrected chi connectivity index (χ3v) is 3.22. The third-order valence-electron chi connectivity index (χ3n) is 3.22. The van der Waals surface area contributed by atoms with Gasteiger partial charge in [-0.3, -0.25) is 9.59 Å². The molecule has 0 atom stereocenters.